The van der Waals surface area contributed by atoms with Gasteiger partial charge in [-0.1, -0.05) is 18.2 Å². The Balaban J connectivity index is 1.67. The zero-order chi connectivity index (χ0) is 24.1. The van der Waals surface area contributed by atoms with Gasteiger partial charge < -0.3 is 24.6 Å². The van der Waals surface area contributed by atoms with Crippen molar-refractivity contribution >= 4 is 23.3 Å². The minimum atomic E-state index is -0.352. The first-order chi connectivity index (χ1) is 16.5. The first-order valence-corrected chi connectivity index (χ1v) is 11.1. The Morgan fingerprint density at radius 2 is 1.74 bits per heavy atom. The minimum absolute atomic E-state index is 0.0183. The number of rotatable bonds is 6. The van der Waals surface area contributed by atoms with Crippen molar-refractivity contribution in [2.45, 2.75) is 13.0 Å². The molecule has 1 fully saturated rings. The molecule has 2 amide bonds. The van der Waals surface area contributed by atoms with E-state index in [2.05, 4.69) is 10.3 Å². The number of amides is 2. The van der Waals surface area contributed by atoms with Gasteiger partial charge in [0.1, 0.15) is 17.3 Å². The van der Waals surface area contributed by atoms with Gasteiger partial charge in [-0.2, -0.15) is 0 Å². The number of carbonyl (C=O) groups excluding carboxylic acids is 2. The van der Waals surface area contributed by atoms with E-state index in [0.717, 1.165) is 17.0 Å². The second-order valence-corrected chi connectivity index (χ2v) is 7.97. The molecule has 1 saturated heterocycles. The van der Waals surface area contributed by atoms with E-state index in [1.165, 1.54) is 0 Å². The SMILES string of the molecule is COc1ccc(Nc2ncccc2C(=O)N2CCN(C(C)=O)CC2c2ccccc2OC)cc1. The van der Waals surface area contributed by atoms with Crippen LogP contribution >= 0.6 is 0 Å². The molecule has 8 nitrogen and oxygen atoms in total. The van der Waals surface area contributed by atoms with Crippen LogP contribution in [0.3, 0.4) is 0 Å². The quantitative estimate of drug-likeness (QED) is 0.601. The highest BCUT2D eigenvalue weighted by molar-refractivity contribution is 5.99. The molecule has 176 valence electrons. The summed E-state index contributed by atoms with van der Waals surface area (Å²) in [5.74, 6) is 1.70. The summed E-state index contributed by atoms with van der Waals surface area (Å²) in [5.41, 5.74) is 2.10. The molecule has 1 aliphatic heterocycles. The molecule has 0 saturated carbocycles. The van der Waals surface area contributed by atoms with Crippen LogP contribution in [0.5, 0.6) is 11.5 Å². The summed E-state index contributed by atoms with van der Waals surface area (Å²) in [5, 5.41) is 3.24. The van der Waals surface area contributed by atoms with Gasteiger partial charge in [-0.15, -0.1) is 0 Å². The topological polar surface area (TPSA) is 84.0 Å². The number of para-hydroxylation sites is 1. The van der Waals surface area contributed by atoms with Crippen molar-refractivity contribution in [3.8, 4) is 11.5 Å². The number of hydrogen-bond donors (Lipinski definition) is 1. The Kier molecular flexibility index (Phi) is 6.96. The zero-order valence-corrected chi connectivity index (χ0v) is 19.5. The van der Waals surface area contributed by atoms with Gasteiger partial charge in [0, 0.05) is 44.0 Å². The lowest BCUT2D eigenvalue weighted by atomic mass is 9.99. The summed E-state index contributed by atoms with van der Waals surface area (Å²) in [7, 11) is 3.22. The van der Waals surface area contributed by atoms with Gasteiger partial charge >= 0.3 is 0 Å². The summed E-state index contributed by atoms with van der Waals surface area (Å²) < 4.78 is 10.8. The number of nitrogens with zero attached hydrogens (tertiary/aromatic N) is 3. The molecule has 1 unspecified atom stereocenters. The number of aromatic nitrogens is 1. The molecule has 2 heterocycles. The lowest BCUT2D eigenvalue weighted by Crippen LogP contribution is -2.52. The van der Waals surface area contributed by atoms with Gasteiger partial charge in [-0.05, 0) is 42.5 Å². The van der Waals surface area contributed by atoms with Crippen molar-refractivity contribution in [3.05, 3.63) is 78.0 Å². The highest BCUT2D eigenvalue weighted by atomic mass is 16.5. The molecule has 8 heteroatoms. The van der Waals surface area contributed by atoms with Crippen molar-refractivity contribution in [1.82, 2.24) is 14.8 Å². The van der Waals surface area contributed by atoms with Gasteiger partial charge in [-0.25, -0.2) is 4.98 Å². The fourth-order valence-electron chi connectivity index (χ4n) is 4.16. The third-order valence-corrected chi connectivity index (χ3v) is 5.98. The number of methoxy groups -OCH3 is 2. The van der Waals surface area contributed by atoms with Crippen LogP contribution in [0.2, 0.25) is 0 Å². The number of carbonyl (C=O) groups is 2. The minimum Gasteiger partial charge on any atom is -0.497 e. The Hall–Kier alpha value is -4.07. The van der Waals surface area contributed by atoms with Crippen LogP contribution in [0.4, 0.5) is 11.5 Å². The van der Waals surface area contributed by atoms with Crippen LogP contribution in [0.25, 0.3) is 0 Å². The van der Waals surface area contributed by atoms with Crippen LogP contribution in [0.15, 0.2) is 66.9 Å². The molecule has 0 spiro atoms. The van der Waals surface area contributed by atoms with Crippen molar-refractivity contribution in [3.63, 3.8) is 0 Å². The molecule has 2 aromatic carbocycles. The summed E-state index contributed by atoms with van der Waals surface area (Å²) in [4.78, 5) is 34.0. The zero-order valence-electron chi connectivity index (χ0n) is 19.5. The number of anilines is 2. The molecule has 3 aromatic rings. The maximum Gasteiger partial charge on any atom is 0.258 e. The van der Waals surface area contributed by atoms with Crippen molar-refractivity contribution < 1.29 is 19.1 Å². The molecule has 0 bridgehead atoms. The summed E-state index contributed by atoms with van der Waals surface area (Å²) >= 11 is 0. The van der Waals surface area contributed by atoms with Crippen molar-refractivity contribution in [2.24, 2.45) is 0 Å². The molecule has 0 aliphatic carbocycles. The molecule has 1 aromatic heterocycles. The number of hydrogen-bond acceptors (Lipinski definition) is 6. The summed E-state index contributed by atoms with van der Waals surface area (Å²) in [6, 6.07) is 18.2. The molecular formula is C26H28N4O4. The predicted octanol–water partition coefficient (Wildman–Crippen LogP) is 3.89. The van der Waals surface area contributed by atoms with E-state index in [1.807, 2.05) is 48.5 Å². The number of benzene rings is 2. The van der Waals surface area contributed by atoms with Gasteiger partial charge in [0.2, 0.25) is 5.91 Å². The molecule has 1 atom stereocenters. The van der Waals surface area contributed by atoms with Crippen LogP contribution in [-0.2, 0) is 4.79 Å². The van der Waals surface area contributed by atoms with Crippen molar-refractivity contribution in [2.75, 3.05) is 39.2 Å². The third kappa shape index (κ3) is 4.80. The molecule has 0 radical (unpaired) electrons. The fourth-order valence-corrected chi connectivity index (χ4v) is 4.16. The standard InChI is InChI=1S/C26H28N4O4/c1-18(31)29-15-16-30(23(17-29)21-7-4-5-9-24(21)34-3)26(32)22-8-6-14-27-25(22)28-19-10-12-20(33-2)13-11-19/h4-14,23H,15-17H2,1-3H3,(H,27,28). The smallest absolute Gasteiger partial charge is 0.258 e. The molecular weight excluding hydrogens is 432 g/mol. The maximum atomic E-state index is 13.9. The van der Waals surface area contributed by atoms with E-state index in [9.17, 15) is 9.59 Å². The third-order valence-electron chi connectivity index (χ3n) is 5.98. The number of pyridine rings is 1. The number of piperazine rings is 1. The number of ether oxygens (including phenoxy) is 2. The van der Waals surface area contributed by atoms with Crippen molar-refractivity contribution in [1.29, 1.82) is 0 Å². The lowest BCUT2D eigenvalue weighted by molar-refractivity contribution is -0.131. The Labute approximate surface area is 199 Å². The highest BCUT2D eigenvalue weighted by Gasteiger charge is 2.35. The van der Waals surface area contributed by atoms with Crippen LogP contribution < -0.4 is 14.8 Å². The fraction of sp³-hybridized carbons (Fsp3) is 0.269. The Morgan fingerprint density at radius 1 is 0.971 bits per heavy atom. The lowest BCUT2D eigenvalue weighted by Gasteiger charge is -2.42. The first-order valence-electron chi connectivity index (χ1n) is 11.1. The van der Waals surface area contributed by atoms with Gasteiger partial charge in [-0.3, -0.25) is 9.59 Å². The second kappa shape index (κ2) is 10.2. The summed E-state index contributed by atoms with van der Waals surface area (Å²) in [6.45, 7) is 2.81. The highest BCUT2D eigenvalue weighted by Crippen LogP contribution is 2.34. The largest absolute Gasteiger partial charge is 0.497 e. The van der Waals surface area contributed by atoms with E-state index < -0.39 is 0 Å². The normalized spacial score (nSPS) is 15.6. The monoisotopic (exact) mass is 460 g/mol. The second-order valence-electron chi connectivity index (χ2n) is 7.97. The summed E-state index contributed by atoms with van der Waals surface area (Å²) in [6.07, 6.45) is 1.65. The van der Waals surface area contributed by atoms with Crippen LogP contribution in [0.1, 0.15) is 28.9 Å². The van der Waals surface area contributed by atoms with E-state index >= 15 is 0 Å². The first kappa shape index (κ1) is 23.1. The van der Waals surface area contributed by atoms with E-state index in [1.54, 1.807) is 49.3 Å². The number of nitrogens with one attached hydrogen (secondary N) is 1. The molecule has 4 rings (SSSR count). The van der Waals surface area contributed by atoms with E-state index in [4.69, 9.17) is 9.47 Å². The Bertz CT molecular complexity index is 1170. The molecule has 1 N–H and O–H groups in total. The van der Waals surface area contributed by atoms with Crippen LogP contribution in [-0.4, -0.2) is 60.5 Å². The van der Waals surface area contributed by atoms with E-state index in [-0.39, 0.29) is 17.9 Å². The van der Waals surface area contributed by atoms with Crippen LogP contribution in [0, 0.1) is 0 Å². The van der Waals surface area contributed by atoms with Gasteiger partial charge in [0.15, 0.2) is 0 Å². The molecule has 1 aliphatic rings. The Morgan fingerprint density at radius 3 is 2.44 bits per heavy atom. The van der Waals surface area contributed by atoms with Gasteiger partial charge in [0.05, 0.1) is 25.8 Å². The molecule has 34 heavy (non-hydrogen) atoms. The maximum absolute atomic E-state index is 13.9. The van der Waals surface area contributed by atoms with E-state index in [0.29, 0.717) is 36.8 Å². The van der Waals surface area contributed by atoms with Gasteiger partial charge in [0.25, 0.3) is 5.91 Å². The average molecular weight is 461 g/mol. The predicted molar refractivity (Wildman–Crippen MR) is 130 cm³/mol. The average Bonchev–Trinajstić information content (AvgIpc) is 2.88.